The van der Waals surface area contributed by atoms with Gasteiger partial charge in [0.1, 0.15) is 25.4 Å². The first-order chi connectivity index (χ1) is 33.9. The van der Waals surface area contributed by atoms with Crippen LogP contribution in [0.5, 0.6) is 0 Å². The quantitative estimate of drug-likeness (QED) is 0.0612. The molecule has 0 spiro atoms. The number of rotatable bonds is 13. The molecule has 17 unspecified atom stereocenters. The summed E-state index contributed by atoms with van der Waals surface area (Å²) in [7, 11) is 0. The second-order valence-electron chi connectivity index (χ2n) is 23.6. The zero-order valence-electron chi connectivity index (χ0n) is 46.0. The maximum absolute atomic E-state index is 13.5. The van der Waals surface area contributed by atoms with Gasteiger partial charge in [0, 0.05) is 51.2 Å². The van der Waals surface area contributed by atoms with Crippen molar-refractivity contribution in [3.05, 3.63) is 34.9 Å². The summed E-state index contributed by atoms with van der Waals surface area (Å²) in [6.07, 6.45) is -1.52. The van der Waals surface area contributed by atoms with Gasteiger partial charge in [-0.1, -0.05) is 65.3 Å². The summed E-state index contributed by atoms with van der Waals surface area (Å²) in [6, 6.07) is 0. The van der Waals surface area contributed by atoms with E-state index in [4.69, 9.17) is 42.6 Å². The summed E-state index contributed by atoms with van der Waals surface area (Å²) < 4.78 is 55.5. The fourth-order valence-corrected chi connectivity index (χ4v) is 14.8. The van der Waals surface area contributed by atoms with E-state index in [1.807, 2.05) is 13.8 Å². The largest absolute Gasteiger partial charge is 0.465 e. The van der Waals surface area contributed by atoms with Gasteiger partial charge < -0.3 is 47.7 Å². The van der Waals surface area contributed by atoms with Crippen LogP contribution in [0.25, 0.3) is 0 Å². The Morgan fingerprint density at radius 1 is 0.658 bits per heavy atom. The van der Waals surface area contributed by atoms with Crippen LogP contribution in [0, 0.1) is 50.2 Å². The topological polar surface area (TPSA) is 223 Å². The summed E-state index contributed by atoms with van der Waals surface area (Å²) in [5, 5.41) is 13.4. The molecular formula is C56H82O17. The van der Waals surface area contributed by atoms with E-state index in [0.717, 1.165) is 24.8 Å². The smallest absolute Gasteiger partial charge is 0.333 e. The van der Waals surface area contributed by atoms with Crippen molar-refractivity contribution in [3.8, 4) is 0 Å². The van der Waals surface area contributed by atoms with Gasteiger partial charge in [-0.3, -0.25) is 24.0 Å². The number of fused-ring (bicyclic) bond motifs is 7. The molecule has 408 valence electrons. The number of hydrogen-bond acceptors (Lipinski definition) is 17. The first-order valence-corrected chi connectivity index (χ1v) is 26.0. The van der Waals surface area contributed by atoms with Gasteiger partial charge >= 0.3 is 41.8 Å². The van der Waals surface area contributed by atoms with Gasteiger partial charge in [-0.25, -0.2) is 9.59 Å². The van der Waals surface area contributed by atoms with Crippen LogP contribution in [0.15, 0.2) is 34.9 Å². The van der Waals surface area contributed by atoms with Crippen LogP contribution in [0.1, 0.15) is 156 Å². The molecule has 17 atom stereocenters. The van der Waals surface area contributed by atoms with Crippen LogP contribution in [0.4, 0.5) is 0 Å². The van der Waals surface area contributed by atoms with Gasteiger partial charge in [0.2, 0.25) is 0 Å². The highest BCUT2D eigenvalue weighted by molar-refractivity contribution is 5.88. The predicted octanol–water partition coefficient (Wildman–Crippen LogP) is 7.77. The van der Waals surface area contributed by atoms with E-state index in [1.54, 1.807) is 46.8 Å². The molecule has 73 heavy (non-hydrogen) atoms. The molecule has 6 aliphatic rings. The third-order valence-electron chi connectivity index (χ3n) is 18.9. The molecule has 5 aliphatic carbocycles. The van der Waals surface area contributed by atoms with E-state index >= 15 is 0 Å². The van der Waals surface area contributed by atoms with Crippen molar-refractivity contribution in [3.63, 3.8) is 0 Å². The first-order valence-electron chi connectivity index (χ1n) is 26.0. The van der Waals surface area contributed by atoms with E-state index < -0.39 is 124 Å². The maximum atomic E-state index is 13.5. The molecule has 1 saturated heterocycles. The zero-order valence-corrected chi connectivity index (χ0v) is 46.0. The molecule has 0 aromatic rings. The zero-order chi connectivity index (χ0) is 54.6. The molecule has 1 aliphatic heterocycles. The third-order valence-corrected chi connectivity index (χ3v) is 18.9. The summed E-state index contributed by atoms with van der Waals surface area (Å²) in [6.45, 7) is 27.2. The van der Waals surface area contributed by atoms with Crippen molar-refractivity contribution >= 4 is 41.8 Å². The van der Waals surface area contributed by atoms with Crippen molar-refractivity contribution in [1.82, 2.24) is 0 Å². The second kappa shape index (κ2) is 21.2. The number of allylic oxidation sites excluding steroid dienone is 4. The minimum Gasteiger partial charge on any atom is -0.465 e. The van der Waals surface area contributed by atoms with Crippen molar-refractivity contribution in [2.75, 3.05) is 13.2 Å². The average molecular weight is 1030 g/mol. The number of aliphatic hydroxyl groups is 1. The fourth-order valence-electron chi connectivity index (χ4n) is 14.8. The number of carbonyl (C=O) groups is 7. The van der Waals surface area contributed by atoms with Crippen LogP contribution in [0.2, 0.25) is 0 Å². The number of carbonyl (C=O) groups excluding carboxylic acids is 7. The van der Waals surface area contributed by atoms with Gasteiger partial charge in [0.15, 0.2) is 24.6 Å². The lowest BCUT2D eigenvalue weighted by Gasteiger charge is -2.72. The Kier molecular flexibility index (Phi) is 16.7. The molecular weight excluding hydrogens is 945 g/mol. The average Bonchev–Trinajstić information content (AvgIpc) is 3.29. The monoisotopic (exact) mass is 1030 g/mol. The first kappa shape index (κ1) is 57.7. The van der Waals surface area contributed by atoms with Gasteiger partial charge in [0.25, 0.3) is 0 Å². The molecule has 0 bridgehead atoms. The SMILES string of the molecule is CC=C(C)C(=O)OC1C(C)OC(OC2C(O)C3(COC(C)=O)C(OC(C)=O)CC4(C)C(=CCC5C6(C)CCC(OC(C)=O)C(C)(COC(C)=O)C6CCC54C)C3CC2(C)C)C(OC(C)=O)C1OC(=O)C(C)=CC. The van der Waals surface area contributed by atoms with Crippen molar-refractivity contribution in [1.29, 1.82) is 0 Å². The van der Waals surface area contributed by atoms with Gasteiger partial charge in [-0.05, 0) is 119 Å². The summed E-state index contributed by atoms with van der Waals surface area (Å²) in [5.41, 5.74) is -2.90. The Labute approximate surface area is 431 Å². The molecule has 0 aromatic heterocycles. The molecule has 4 saturated carbocycles. The van der Waals surface area contributed by atoms with Crippen LogP contribution >= 0.6 is 0 Å². The lowest BCUT2D eigenvalue weighted by atomic mass is 9.33. The lowest BCUT2D eigenvalue weighted by Crippen LogP contribution is -2.73. The van der Waals surface area contributed by atoms with E-state index in [9.17, 15) is 38.7 Å². The van der Waals surface area contributed by atoms with Crippen LogP contribution in [-0.2, 0) is 76.2 Å². The van der Waals surface area contributed by atoms with E-state index in [0.29, 0.717) is 19.3 Å². The minimum absolute atomic E-state index is 0.00809. The molecule has 17 heteroatoms. The highest BCUT2D eigenvalue weighted by Gasteiger charge is 2.74. The van der Waals surface area contributed by atoms with Crippen LogP contribution in [0.3, 0.4) is 0 Å². The fraction of sp³-hybridized carbons (Fsp3) is 0.768. The van der Waals surface area contributed by atoms with Gasteiger partial charge in [0.05, 0.1) is 23.7 Å². The second-order valence-corrected chi connectivity index (χ2v) is 23.6. The van der Waals surface area contributed by atoms with E-state index in [2.05, 4.69) is 33.8 Å². The maximum Gasteiger partial charge on any atom is 0.333 e. The van der Waals surface area contributed by atoms with Crippen molar-refractivity contribution in [2.45, 2.75) is 211 Å². The van der Waals surface area contributed by atoms with Gasteiger partial charge in [-0.2, -0.15) is 0 Å². The molecule has 17 nitrogen and oxygen atoms in total. The summed E-state index contributed by atoms with van der Waals surface area (Å²) in [5.74, 6) is -4.70. The molecule has 0 amide bonds. The molecule has 0 radical (unpaired) electrons. The number of ether oxygens (including phenoxy) is 9. The molecule has 6 rings (SSSR count). The molecule has 1 heterocycles. The molecule has 1 N–H and O–H groups in total. The summed E-state index contributed by atoms with van der Waals surface area (Å²) in [4.78, 5) is 91.1. The Morgan fingerprint density at radius 3 is 1.75 bits per heavy atom. The molecule has 5 fully saturated rings. The summed E-state index contributed by atoms with van der Waals surface area (Å²) >= 11 is 0. The standard InChI is InChI=1S/C56H82O17/c1-17-29(3)48(63)71-43-31(5)67-50(45(70-36(10)61)44(43)72-49(64)30(4)18-2)73-47-46(62)56(28-66-33(7)58)38(25-51(47,11)12)37-19-20-40-52(13)23-22-41(68-34(8)59)53(14,27-65-32(6)57)39(52)21-24-54(40,15)55(37,16)26-42(56)69-35(9)60/h17-19,31,38-47,50,62H,20-28H2,1-16H3. The number of hydrogen-bond donors (Lipinski definition) is 1. The Balaban J connectivity index is 1.46. The normalized spacial score (nSPS) is 40.9. The van der Waals surface area contributed by atoms with Gasteiger partial charge in [-0.15, -0.1) is 0 Å². The lowest BCUT2D eigenvalue weighted by molar-refractivity contribution is -0.343. The molecule has 0 aromatic carbocycles. The van der Waals surface area contributed by atoms with E-state index in [1.165, 1.54) is 34.6 Å². The predicted molar refractivity (Wildman–Crippen MR) is 263 cm³/mol. The van der Waals surface area contributed by atoms with Crippen molar-refractivity contribution in [2.24, 2.45) is 50.2 Å². The third kappa shape index (κ3) is 10.3. The minimum atomic E-state index is -1.54. The van der Waals surface area contributed by atoms with Crippen LogP contribution in [-0.4, -0.2) is 115 Å². The van der Waals surface area contributed by atoms with Crippen molar-refractivity contribution < 1.29 is 81.3 Å². The highest BCUT2D eigenvalue weighted by atomic mass is 16.7. The Morgan fingerprint density at radius 2 is 1.21 bits per heavy atom. The number of esters is 7. The van der Waals surface area contributed by atoms with Crippen LogP contribution < -0.4 is 0 Å². The Bertz CT molecular complexity index is 2280. The Hall–Kier alpha value is -4.61. The number of aliphatic hydroxyl groups excluding tert-OH is 1. The highest BCUT2D eigenvalue weighted by Crippen LogP contribution is 2.76. The van der Waals surface area contributed by atoms with E-state index in [-0.39, 0.29) is 54.0 Å².